The second-order valence-electron chi connectivity index (χ2n) is 5.67. The zero-order valence-electron chi connectivity index (χ0n) is 12.6. The standard InChI is InChI=1S/C19H23NO/c1-2-20-16-12-13-17(14-16)21-19-11-7-6-10-18(19)15-8-4-3-5-9-15/h3-11,16-17,20H,2,12-14H2,1H3. The summed E-state index contributed by atoms with van der Waals surface area (Å²) in [5.41, 5.74) is 2.40. The fraction of sp³-hybridized carbons (Fsp3) is 0.368. The van der Waals surface area contributed by atoms with Gasteiger partial charge in [-0.05, 0) is 37.4 Å². The van der Waals surface area contributed by atoms with Crippen molar-refractivity contribution in [1.82, 2.24) is 5.32 Å². The third-order valence-electron chi connectivity index (χ3n) is 4.14. The lowest BCUT2D eigenvalue weighted by atomic mass is 10.0. The van der Waals surface area contributed by atoms with Crippen molar-refractivity contribution in [2.75, 3.05) is 6.54 Å². The monoisotopic (exact) mass is 281 g/mol. The highest BCUT2D eigenvalue weighted by molar-refractivity contribution is 5.70. The van der Waals surface area contributed by atoms with Crippen LogP contribution < -0.4 is 10.1 Å². The Bertz CT molecular complexity index is 567. The number of hydrogen-bond donors (Lipinski definition) is 1. The van der Waals surface area contributed by atoms with Crippen molar-refractivity contribution in [3.63, 3.8) is 0 Å². The normalized spacial score (nSPS) is 21.4. The fourth-order valence-corrected chi connectivity index (χ4v) is 3.13. The molecular weight excluding hydrogens is 258 g/mol. The Hall–Kier alpha value is -1.80. The van der Waals surface area contributed by atoms with Gasteiger partial charge in [-0.25, -0.2) is 0 Å². The maximum atomic E-state index is 6.30. The predicted octanol–water partition coefficient (Wildman–Crippen LogP) is 4.26. The van der Waals surface area contributed by atoms with Gasteiger partial charge in [0, 0.05) is 11.6 Å². The Morgan fingerprint density at radius 1 is 1.00 bits per heavy atom. The van der Waals surface area contributed by atoms with Gasteiger partial charge in [0.05, 0.1) is 0 Å². The molecule has 1 aliphatic rings. The van der Waals surface area contributed by atoms with E-state index in [-0.39, 0.29) is 0 Å². The molecule has 2 unspecified atom stereocenters. The van der Waals surface area contributed by atoms with Crippen LogP contribution in [0, 0.1) is 0 Å². The van der Waals surface area contributed by atoms with Crippen LogP contribution >= 0.6 is 0 Å². The van der Waals surface area contributed by atoms with E-state index >= 15 is 0 Å². The fourth-order valence-electron chi connectivity index (χ4n) is 3.13. The molecule has 1 N–H and O–H groups in total. The number of hydrogen-bond acceptors (Lipinski definition) is 2. The van der Waals surface area contributed by atoms with Crippen LogP contribution in [-0.4, -0.2) is 18.7 Å². The molecule has 0 spiro atoms. The highest BCUT2D eigenvalue weighted by atomic mass is 16.5. The van der Waals surface area contributed by atoms with Crippen molar-refractivity contribution >= 4 is 0 Å². The SMILES string of the molecule is CCNC1CCC(Oc2ccccc2-c2ccccc2)C1. The first-order valence-electron chi connectivity index (χ1n) is 7.91. The van der Waals surface area contributed by atoms with Crippen molar-refractivity contribution in [1.29, 1.82) is 0 Å². The highest BCUT2D eigenvalue weighted by Crippen LogP contribution is 2.33. The van der Waals surface area contributed by atoms with Crippen molar-refractivity contribution in [2.45, 2.75) is 38.3 Å². The molecule has 0 radical (unpaired) electrons. The first kappa shape index (κ1) is 14.2. The van der Waals surface area contributed by atoms with E-state index in [9.17, 15) is 0 Å². The average molecular weight is 281 g/mol. The van der Waals surface area contributed by atoms with E-state index in [4.69, 9.17) is 4.74 Å². The van der Waals surface area contributed by atoms with Gasteiger partial charge in [-0.1, -0.05) is 55.5 Å². The maximum absolute atomic E-state index is 6.30. The van der Waals surface area contributed by atoms with E-state index in [1.54, 1.807) is 0 Å². The van der Waals surface area contributed by atoms with Crippen LogP contribution in [0.15, 0.2) is 54.6 Å². The molecule has 2 nitrogen and oxygen atoms in total. The van der Waals surface area contributed by atoms with Crippen LogP contribution in [0.1, 0.15) is 26.2 Å². The zero-order chi connectivity index (χ0) is 14.5. The molecule has 3 rings (SSSR count). The van der Waals surface area contributed by atoms with Crippen LogP contribution in [0.25, 0.3) is 11.1 Å². The molecular formula is C19H23NO. The number of rotatable bonds is 5. The largest absolute Gasteiger partial charge is 0.490 e. The molecule has 2 atom stereocenters. The van der Waals surface area contributed by atoms with E-state index < -0.39 is 0 Å². The molecule has 1 fully saturated rings. The number of ether oxygens (including phenoxy) is 1. The molecule has 0 bridgehead atoms. The summed E-state index contributed by atoms with van der Waals surface area (Å²) in [5, 5.41) is 3.53. The van der Waals surface area contributed by atoms with Gasteiger partial charge in [0.25, 0.3) is 0 Å². The van der Waals surface area contributed by atoms with E-state index in [1.807, 2.05) is 6.07 Å². The molecule has 0 aromatic heterocycles. The van der Waals surface area contributed by atoms with E-state index in [0.29, 0.717) is 12.1 Å². The van der Waals surface area contributed by atoms with Gasteiger partial charge < -0.3 is 10.1 Å². The smallest absolute Gasteiger partial charge is 0.127 e. The molecule has 1 aliphatic carbocycles. The lowest BCUT2D eigenvalue weighted by Gasteiger charge is -2.17. The molecule has 0 amide bonds. The third kappa shape index (κ3) is 3.45. The van der Waals surface area contributed by atoms with Crippen molar-refractivity contribution in [3.05, 3.63) is 54.6 Å². The lowest BCUT2D eigenvalue weighted by Crippen LogP contribution is -2.27. The molecule has 2 aromatic carbocycles. The summed E-state index contributed by atoms with van der Waals surface area (Å²) < 4.78 is 6.30. The van der Waals surface area contributed by atoms with Gasteiger partial charge in [-0.3, -0.25) is 0 Å². The Morgan fingerprint density at radius 3 is 2.57 bits per heavy atom. The van der Waals surface area contributed by atoms with Crippen LogP contribution in [0.2, 0.25) is 0 Å². The van der Waals surface area contributed by atoms with Gasteiger partial charge in [0.2, 0.25) is 0 Å². The summed E-state index contributed by atoms with van der Waals surface area (Å²) in [6.07, 6.45) is 3.79. The Balaban J connectivity index is 1.75. The minimum atomic E-state index is 0.332. The number of para-hydroxylation sites is 1. The Kier molecular flexibility index (Phi) is 4.56. The molecule has 0 heterocycles. The molecule has 1 saturated carbocycles. The topological polar surface area (TPSA) is 21.3 Å². The summed E-state index contributed by atoms with van der Waals surface area (Å²) in [6, 6.07) is 19.4. The van der Waals surface area contributed by atoms with Gasteiger partial charge in [-0.2, -0.15) is 0 Å². The molecule has 0 aliphatic heterocycles. The molecule has 0 saturated heterocycles. The predicted molar refractivity (Wildman–Crippen MR) is 87.6 cm³/mol. The first-order chi connectivity index (χ1) is 10.4. The second kappa shape index (κ2) is 6.77. The highest BCUT2D eigenvalue weighted by Gasteiger charge is 2.25. The average Bonchev–Trinajstić information content (AvgIpc) is 2.96. The first-order valence-corrected chi connectivity index (χ1v) is 7.91. The van der Waals surface area contributed by atoms with Crippen molar-refractivity contribution < 1.29 is 4.74 Å². The summed E-state index contributed by atoms with van der Waals surface area (Å²) in [7, 11) is 0. The molecule has 110 valence electrons. The minimum absolute atomic E-state index is 0.332. The molecule has 2 aromatic rings. The van der Waals surface area contributed by atoms with E-state index in [2.05, 4.69) is 60.8 Å². The summed E-state index contributed by atoms with van der Waals surface area (Å²) >= 11 is 0. The van der Waals surface area contributed by atoms with Crippen LogP contribution in [0.5, 0.6) is 5.75 Å². The van der Waals surface area contributed by atoms with Gasteiger partial charge >= 0.3 is 0 Å². The Labute approximate surface area is 127 Å². The molecule has 2 heteroatoms. The zero-order valence-corrected chi connectivity index (χ0v) is 12.6. The maximum Gasteiger partial charge on any atom is 0.127 e. The summed E-state index contributed by atoms with van der Waals surface area (Å²) in [6.45, 7) is 3.21. The van der Waals surface area contributed by atoms with E-state index in [1.165, 1.54) is 17.5 Å². The third-order valence-corrected chi connectivity index (χ3v) is 4.14. The van der Waals surface area contributed by atoms with Crippen LogP contribution in [0.4, 0.5) is 0 Å². The second-order valence-corrected chi connectivity index (χ2v) is 5.67. The van der Waals surface area contributed by atoms with Gasteiger partial charge in [0.1, 0.15) is 11.9 Å². The van der Waals surface area contributed by atoms with Crippen LogP contribution in [-0.2, 0) is 0 Å². The van der Waals surface area contributed by atoms with Crippen LogP contribution in [0.3, 0.4) is 0 Å². The Morgan fingerprint density at radius 2 is 1.76 bits per heavy atom. The number of nitrogens with one attached hydrogen (secondary N) is 1. The minimum Gasteiger partial charge on any atom is -0.490 e. The van der Waals surface area contributed by atoms with Gasteiger partial charge in [0.15, 0.2) is 0 Å². The van der Waals surface area contributed by atoms with Crippen molar-refractivity contribution in [2.24, 2.45) is 0 Å². The quantitative estimate of drug-likeness (QED) is 0.884. The van der Waals surface area contributed by atoms with Gasteiger partial charge in [-0.15, -0.1) is 0 Å². The summed E-state index contributed by atoms with van der Waals surface area (Å²) in [4.78, 5) is 0. The van der Waals surface area contributed by atoms with E-state index in [0.717, 1.165) is 25.1 Å². The lowest BCUT2D eigenvalue weighted by molar-refractivity contribution is 0.207. The van der Waals surface area contributed by atoms with Crippen molar-refractivity contribution in [3.8, 4) is 16.9 Å². The summed E-state index contributed by atoms with van der Waals surface area (Å²) in [5.74, 6) is 1.01. The molecule has 21 heavy (non-hydrogen) atoms. The number of benzene rings is 2.